The molecule has 2 aromatic rings. The lowest BCUT2D eigenvalue weighted by Crippen LogP contribution is -2.31. The van der Waals surface area contributed by atoms with Gasteiger partial charge in [-0.3, -0.25) is 24.3 Å². The van der Waals surface area contributed by atoms with Gasteiger partial charge in [0.05, 0.1) is 17.2 Å². The van der Waals surface area contributed by atoms with E-state index in [2.05, 4.69) is 15.5 Å². The molecule has 9 heteroatoms. The van der Waals surface area contributed by atoms with Crippen molar-refractivity contribution in [3.63, 3.8) is 0 Å². The summed E-state index contributed by atoms with van der Waals surface area (Å²) in [5, 5.41) is 21.1. The Hall–Kier alpha value is -2.71. The summed E-state index contributed by atoms with van der Waals surface area (Å²) in [6.07, 6.45) is 3.99. The molecular weight excluding hydrogens is 264 g/mol. The minimum Gasteiger partial charge on any atom is -0.349 e. The van der Waals surface area contributed by atoms with Crippen LogP contribution < -0.4 is 5.32 Å². The zero-order valence-electron chi connectivity index (χ0n) is 11.1. The van der Waals surface area contributed by atoms with Crippen LogP contribution in [0.3, 0.4) is 0 Å². The van der Waals surface area contributed by atoms with Gasteiger partial charge in [-0.2, -0.15) is 10.2 Å². The van der Waals surface area contributed by atoms with E-state index < -0.39 is 11.0 Å². The molecule has 1 atom stereocenters. The Morgan fingerprint density at radius 2 is 2.30 bits per heavy atom. The summed E-state index contributed by atoms with van der Waals surface area (Å²) in [4.78, 5) is 22.0. The molecule has 0 aliphatic heterocycles. The smallest absolute Gasteiger partial charge is 0.307 e. The van der Waals surface area contributed by atoms with Gasteiger partial charge in [0.25, 0.3) is 0 Å². The Morgan fingerprint density at radius 3 is 2.85 bits per heavy atom. The summed E-state index contributed by atoms with van der Waals surface area (Å²) in [5.74, 6) is -0.274. The number of nitro groups is 1. The van der Waals surface area contributed by atoms with E-state index >= 15 is 0 Å². The van der Waals surface area contributed by atoms with Crippen molar-refractivity contribution in [2.24, 2.45) is 7.05 Å². The van der Waals surface area contributed by atoms with E-state index in [4.69, 9.17) is 0 Å². The maximum absolute atomic E-state index is 12.0. The molecule has 2 rings (SSSR count). The highest BCUT2D eigenvalue weighted by atomic mass is 16.6. The lowest BCUT2D eigenvalue weighted by molar-refractivity contribution is -0.385. The van der Waals surface area contributed by atoms with E-state index in [0.29, 0.717) is 6.54 Å². The van der Waals surface area contributed by atoms with E-state index in [-0.39, 0.29) is 11.6 Å². The molecular formula is C11H14N6O3. The molecule has 0 aliphatic carbocycles. The number of nitrogens with one attached hydrogen (secondary N) is 1. The van der Waals surface area contributed by atoms with Gasteiger partial charge in [0.1, 0.15) is 18.4 Å². The van der Waals surface area contributed by atoms with E-state index in [1.807, 2.05) is 0 Å². The first-order valence-electron chi connectivity index (χ1n) is 5.92. The van der Waals surface area contributed by atoms with Crippen molar-refractivity contribution >= 4 is 11.6 Å². The predicted octanol–water partition coefficient (Wildman–Crippen LogP) is 0.402. The fourth-order valence-corrected chi connectivity index (χ4v) is 1.65. The van der Waals surface area contributed by atoms with Crippen LogP contribution >= 0.6 is 0 Å². The molecule has 0 aromatic carbocycles. The minimum absolute atomic E-state index is 0.142. The van der Waals surface area contributed by atoms with E-state index in [1.54, 1.807) is 30.9 Å². The van der Waals surface area contributed by atoms with Crippen molar-refractivity contribution < 1.29 is 9.72 Å². The lowest BCUT2D eigenvalue weighted by atomic mass is 10.3. The van der Waals surface area contributed by atoms with Gasteiger partial charge in [-0.15, -0.1) is 0 Å². The van der Waals surface area contributed by atoms with Crippen LogP contribution in [-0.2, 0) is 18.4 Å². The molecule has 0 aliphatic rings. The molecule has 2 aromatic heterocycles. The number of amides is 1. The van der Waals surface area contributed by atoms with Crippen LogP contribution in [0.25, 0.3) is 0 Å². The van der Waals surface area contributed by atoms with Crippen molar-refractivity contribution in [2.45, 2.75) is 19.5 Å². The molecule has 106 valence electrons. The Kier molecular flexibility index (Phi) is 3.78. The maximum Gasteiger partial charge on any atom is 0.307 e. The third-order valence-corrected chi connectivity index (χ3v) is 2.94. The Labute approximate surface area is 114 Å². The van der Waals surface area contributed by atoms with Gasteiger partial charge in [-0.25, -0.2) is 0 Å². The fraction of sp³-hybridized carbons (Fsp3) is 0.364. The molecule has 9 nitrogen and oxygen atoms in total. The van der Waals surface area contributed by atoms with E-state index in [1.165, 1.54) is 10.9 Å². The van der Waals surface area contributed by atoms with Gasteiger partial charge < -0.3 is 5.32 Å². The summed E-state index contributed by atoms with van der Waals surface area (Å²) in [6, 6.07) is 1.17. The number of rotatable bonds is 5. The number of hydrogen-bond acceptors (Lipinski definition) is 5. The first-order chi connectivity index (χ1) is 9.49. The largest absolute Gasteiger partial charge is 0.349 e. The van der Waals surface area contributed by atoms with Gasteiger partial charge in [0, 0.05) is 13.2 Å². The summed E-state index contributed by atoms with van der Waals surface area (Å²) < 4.78 is 2.92. The van der Waals surface area contributed by atoms with Crippen LogP contribution in [0.4, 0.5) is 5.69 Å². The molecule has 1 unspecified atom stereocenters. The average Bonchev–Trinajstić information content (AvgIpc) is 3.04. The molecule has 0 saturated heterocycles. The van der Waals surface area contributed by atoms with Gasteiger partial charge in [0.15, 0.2) is 0 Å². The zero-order valence-corrected chi connectivity index (χ0v) is 11.1. The standard InChI is InChI=1S/C11H14N6O3/c1-8(16-7-10(6-14-16)17(19)20)11(18)12-5-9-3-4-13-15(9)2/h3-4,6-8H,5H2,1-2H3,(H,12,18). The zero-order chi connectivity index (χ0) is 14.7. The number of nitrogens with zero attached hydrogens (tertiary/aromatic N) is 5. The summed E-state index contributed by atoms with van der Waals surface area (Å²) in [6.45, 7) is 1.96. The molecule has 1 N–H and O–H groups in total. The second kappa shape index (κ2) is 5.51. The van der Waals surface area contributed by atoms with Crippen molar-refractivity contribution in [3.05, 3.63) is 40.5 Å². The predicted molar refractivity (Wildman–Crippen MR) is 68.6 cm³/mol. The third kappa shape index (κ3) is 2.82. The second-order valence-corrected chi connectivity index (χ2v) is 4.28. The topological polar surface area (TPSA) is 108 Å². The summed E-state index contributed by atoms with van der Waals surface area (Å²) in [7, 11) is 1.78. The normalized spacial score (nSPS) is 12.1. The minimum atomic E-state index is -0.628. The summed E-state index contributed by atoms with van der Waals surface area (Å²) in [5.41, 5.74) is 0.716. The fourth-order valence-electron chi connectivity index (χ4n) is 1.65. The van der Waals surface area contributed by atoms with Crippen LogP contribution in [0.2, 0.25) is 0 Å². The van der Waals surface area contributed by atoms with E-state index in [9.17, 15) is 14.9 Å². The van der Waals surface area contributed by atoms with Gasteiger partial charge in [-0.05, 0) is 13.0 Å². The van der Waals surface area contributed by atoms with Crippen molar-refractivity contribution in [1.29, 1.82) is 0 Å². The first kappa shape index (κ1) is 13.7. The monoisotopic (exact) mass is 278 g/mol. The van der Waals surface area contributed by atoms with Crippen molar-refractivity contribution in [2.75, 3.05) is 0 Å². The number of aryl methyl sites for hydroxylation is 1. The second-order valence-electron chi connectivity index (χ2n) is 4.28. The van der Waals surface area contributed by atoms with E-state index in [0.717, 1.165) is 11.9 Å². The van der Waals surface area contributed by atoms with Crippen molar-refractivity contribution in [3.8, 4) is 0 Å². The third-order valence-electron chi connectivity index (χ3n) is 2.94. The Bertz CT molecular complexity index is 632. The SMILES string of the molecule is CC(C(=O)NCc1ccnn1C)n1cc([N+](=O)[O-])cn1. The number of hydrogen-bond donors (Lipinski definition) is 1. The lowest BCUT2D eigenvalue weighted by Gasteiger charge is -2.12. The molecule has 2 heterocycles. The van der Waals surface area contributed by atoms with Crippen LogP contribution in [0.5, 0.6) is 0 Å². The molecule has 0 spiro atoms. The number of aromatic nitrogens is 4. The maximum atomic E-state index is 12.0. The quantitative estimate of drug-likeness (QED) is 0.629. The van der Waals surface area contributed by atoms with Gasteiger partial charge >= 0.3 is 5.69 Å². The molecule has 20 heavy (non-hydrogen) atoms. The van der Waals surface area contributed by atoms with Crippen molar-refractivity contribution in [1.82, 2.24) is 24.9 Å². The highest BCUT2D eigenvalue weighted by Gasteiger charge is 2.18. The van der Waals surface area contributed by atoms with Gasteiger partial charge in [-0.1, -0.05) is 0 Å². The highest BCUT2D eigenvalue weighted by molar-refractivity contribution is 5.79. The molecule has 1 amide bonds. The average molecular weight is 278 g/mol. The van der Waals surface area contributed by atoms with Crippen LogP contribution in [0, 0.1) is 10.1 Å². The van der Waals surface area contributed by atoms with Crippen LogP contribution in [0.15, 0.2) is 24.7 Å². The molecule has 0 saturated carbocycles. The number of carbonyl (C=O) groups is 1. The first-order valence-corrected chi connectivity index (χ1v) is 5.92. The molecule has 0 bridgehead atoms. The number of carbonyl (C=O) groups excluding carboxylic acids is 1. The van der Waals surface area contributed by atoms with Crippen LogP contribution in [-0.4, -0.2) is 30.4 Å². The Balaban J connectivity index is 1.97. The molecule has 0 radical (unpaired) electrons. The highest BCUT2D eigenvalue weighted by Crippen LogP contribution is 2.12. The molecule has 0 fully saturated rings. The summed E-state index contributed by atoms with van der Waals surface area (Å²) >= 11 is 0. The van der Waals surface area contributed by atoms with Crippen LogP contribution in [0.1, 0.15) is 18.7 Å². The van der Waals surface area contributed by atoms with Gasteiger partial charge in [0.2, 0.25) is 5.91 Å². The Morgan fingerprint density at radius 1 is 1.55 bits per heavy atom.